The number of benzene rings is 1. The van der Waals surface area contributed by atoms with Gasteiger partial charge in [-0.2, -0.15) is 5.26 Å². The molecule has 0 saturated carbocycles. The molecule has 0 unspecified atom stereocenters. The van der Waals surface area contributed by atoms with Gasteiger partial charge in [-0.25, -0.2) is 0 Å². The van der Waals surface area contributed by atoms with Crippen molar-refractivity contribution in [1.29, 1.82) is 5.26 Å². The van der Waals surface area contributed by atoms with Gasteiger partial charge in [0, 0.05) is 13.5 Å². The van der Waals surface area contributed by atoms with E-state index in [1.807, 2.05) is 0 Å². The minimum atomic E-state index is -1.14. The number of amides is 2. The molecule has 7 nitrogen and oxygen atoms in total. The maximum absolute atomic E-state index is 13.4. The van der Waals surface area contributed by atoms with Gasteiger partial charge in [-0.1, -0.05) is 27.7 Å². The third-order valence-electron chi connectivity index (χ3n) is 5.66. The molecular weight excluding hydrogens is 374 g/mol. The van der Waals surface area contributed by atoms with E-state index in [1.165, 1.54) is 43.5 Å². The zero-order chi connectivity index (χ0) is 19.1. The number of carbonyl (C=O) groups is 2. The Morgan fingerprint density at radius 1 is 1.19 bits per heavy atom. The summed E-state index contributed by atoms with van der Waals surface area (Å²) in [6.45, 7) is 3.44. The van der Waals surface area contributed by atoms with Crippen molar-refractivity contribution in [3.05, 3.63) is 23.8 Å². The van der Waals surface area contributed by atoms with Crippen LogP contribution in [0.25, 0.3) is 0 Å². The molecule has 0 radical (unpaired) electrons. The van der Waals surface area contributed by atoms with Gasteiger partial charge in [0.15, 0.2) is 21.2 Å². The fourth-order valence-corrected chi connectivity index (χ4v) is 7.71. The summed E-state index contributed by atoms with van der Waals surface area (Å²) in [5.41, 5.74) is -0.495. The first kappa shape index (κ1) is 17.4. The average Bonchev–Trinajstić information content (AvgIpc) is 2.89. The highest BCUT2D eigenvalue weighted by atomic mass is 33.1. The fourth-order valence-electron chi connectivity index (χ4n) is 4.13. The number of rotatable bonds is 1. The van der Waals surface area contributed by atoms with E-state index < -0.39 is 21.2 Å². The molecular formula is C17H17N3O4S2. The smallest absolute Gasteiger partial charge is 0.261 e. The second kappa shape index (κ2) is 5.02. The normalized spacial score (nSPS) is 38.5. The van der Waals surface area contributed by atoms with Gasteiger partial charge in [-0.05, 0) is 31.5 Å². The summed E-state index contributed by atoms with van der Waals surface area (Å²) in [4.78, 5) is 27.3. The van der Waals surface area contributed by atoms with Crippen LogP contribution in [0.3, 0.4) is 0 Å². The monoisotopic (exact) mass is 391 g/mol. The van der Waals surface area contributed by atoms with Gasteiger partial charge in [0.25, 0.3) is 11.8 Å². The Balaban J connectivity index is 1.95. The van der Waals surface area contributed by atoms with Crippen LogP contribution in [0.15, 0.2) is 18.2 Å². The Morgan fingerprint density at radius 2 is 1.88 bits per heavy atom. The second-order valence-corrected chi connectivity index (χ2v) is 10.1. The molecule has 2 amide bonds. The van der Waals surface area contributed by atoms with E-state index in [0.717, 1.165) is 0 Å². The minimum Gasteiger partial charge on any atom is -0.504 e. The standard InChI is InChI=1S/C17H17N3O4S2/c1-15(8-18)7-17-14(24)19(3)16(2,25-26-17)13(23)20(17)12(15)9-4-5-10(21)11(22)6-9/h4-6,12,21-22H,7H2,1-3H3/t12-,15+,16-,17-/m0/s1. The van der Waals surface area contributed by atoms with Gasteiger partial charge in [-0.15, -0.1) is 0 Å². The summed E-state index contributed by atoms with van der Waals surface area (Å²) >= 11 is 0. The Kier molecular flexibility index (Phi) is 3.35. The van der Waals surface area contributed by atoms with Crippen LogP contribution in [-0.4, -0.2) is 48.6 Å². The molecule has 1 aromatic rings. The highest BCUT2D eigenvalue weighted by Crippen LogP contribution is 2.69. The largest absolute Gasteiger partial charge is 0.504 e. The lowest BCUT2D eigenvalue weighted by molar-refractivity contribution is -0.164. The molecule has 0 aromatic heterocycles. The molecule has 1 aromatic carbocycles. The summed E-state index contributed by atoms with van der Waals surface area (Å²) in [5.74, 6) is -1.01. The van der Waals surface area contributed by atoms with Crippen LogP contribution in [0.4, 0.5) is 0 Å². The van der Waals surface area contributed by atoms with E-state index in [2.05, 4.69) is 6.07 Å². The average molecular weight is 391 g/mol. The Hall–Kier alpha value is -2.05. The highest BCUT2D eigenvalue weighted by molar-refractivity contribution is 8.78. The van der Waals surface area contributed by atoms with Crippen molar-refractivity contribution in [2.75, 3.05) is 7.05 Å². The number of fused-ring (bicyclic) bond motifs is 2. The van der Waals surface area contributed by atoms with Crippen molar-refractivity contribution in [3.8, 4) is 17.6 Å². The topological polar surface area (TPSA) is 105 Å². The van der Waals surface area contributed by atoms with Crippen molar-refractivity contribution >= 4 is 33.4 Å². The maximum atomic E-state index is 13.4. The molecule has 5 rings (SSSR count). The number of carbonyl (C=O) groups excluding carboxylic acids is 2. The van der Waals surface area contributed by atoms with Gasteiger partial charge < -0.3 is 20.0 Å². The van der Waals surface area contributed by atoms with Crippen LogP contribution < -0.4 is 0 Å². The number of phenolic OH excluding ortho intramolecular Hbond substituents is 2. The molecule has 26 heavy (non-hydrogen) atoms. The third kappa shape index (κ3) is 1.81. The van der Waals surface area contributed by atoms with Crippen molar-refractivity contribution < 1.29 is 19.8 Å². The zero-order valence-corrected chi connectivity index (χ0v) is 16.0. The first-order valence-electron chi connectivity index (χ1n) is 8.03. The SMILES string of the molecule is CN1C(=O)[C@@]23C[C@](C)(C#N)[C@H](c4ccc(O)c(O)c4)N2C(=O)[C@]1(C)SS3. The lowest BCUT2D eigenvalue weighted by Crippen LogP contribution is -2.73. The van der Waals surface area contributed by atoms with E-state index in [0.29, 0.717) is 5.56 Å². The molecule has 4 atom stereocenters. The molecule has 9 heteroatoms. The zero-order valence-electron chi connectivity index (χ0n) is 14.4. The summed E-state index contributed by atoms with van der Waals surface area (Å²) in [6.07, 6.45) is 0.200. The van der Waals surface area contributed by atoms with Gasteiger partial charge in [-0.3, -0.25) is 9.59 Å². The van der Waals surface area contributed by atoms with Crippen LogP contribution in [0, 0.1) is 16.7 Å². The first-order chi connectivity index (χ1) is 12.1. The summed E-state index contributed by atoms with van der Waals surface area (Å²) in [5, 5.41) is 29.4. The van der Waals surface area contributed by atoms with E-state index in [1.54, 1.807) is 27.0 Å². The molecule has 2 N–H and O–H groups in total. The van der Waals surface area contributed by atoms with E-state index in [-0.39, 0.29) is 29.7 Å². The molecule has 4 fully saturated rings. The second-order valence-electron chi connectivity index (χ2n) is 7.33. The van der Waals surface area contributed by atoms with Crippen LogP contribution in [0.2, 0.25) is 0 Å². The molecule has 4 heterocycles. The number of aromatic hydroxyl groups is 2. The quantitative estimate of drug-likeness (QED) is 0.558. The number of phenols is 2. The first-order valence-corrected chi connectivity index (χ1v) is 10.2. The Morgan fingerprint density at radius 3 is 2.50 bits per heavy atom. The number of nitriles is 1. The van der Waals surface area contributed by atoms with Gasteiger partial charge in [0.2, 0.25) is 0 Å². The van der Waals surface area contributed by atoms with Crippen molar-refractivity contribution in [3.63, 3.8) is 0 Å². The van der Waals surface area contributed by atoms with Crippen molar-refractivity contribution in [1.82, 2.24) is 9.80 Å². The van der Waals surface area contributed by atoms with Crippen LogP contribution in [0.1, 0.15) is 31.9 Å². The van der Waals surface area contributed by atoms with Crippen LogP contribution >= 0.6 is 21.6 Å². The molecule has 4 saturated heterocycles. The van der Waals surface area contributed by atoms with E-state index in [9.17, 15) is 25.1 Å². The lowest BCUT2D eigenvalue weighted by Gasteiger charge is -2.57. The van der Waals surface area contributed by atoms with Crippen LogP contribution in [0.5, 0.6) is 11.5 Å². The predicted molar refractivity (Wildman–Crippen MR) is 96.8 cm³/mol. The minimum absolute atomic E-state index is 0.185. The molecule has 136 valence electrons. The molecule has 4 aliphatic heterocycles. The van der Waals surface area contributed by atoms with Crippen molar-refractivity contribution in [2.45, 2.75) is 36.1 Å². The molecule has 1 spiro atoms. The molecule has 2 bridgehead atoms. The van der Waals surface area contributed by atoms with Crippen molar-refractivity contribution in [2.24, 2.45) is 5.41 Å². The number of nitrogens with zero attached hydrogens (tertiary/aromatic N) is 3. The number of likely N-dealkylation sites (N-methyl/N-ethyl adjacent to an activating group) is 1. The maximum Gasteiger partial charge on any atom is 0.261 e. The molecule has 4 aliphatic rings. The van der Waals surface area contributed by atoms with E-state index >= 15 is 0 Å². The van der Waals surface area contributed by atoms with Gasteiger partial charge >= 0.3 is 0 Å². The molecule has 0 aliphatic carbocycles. The Bertz CT molecular complexity index is 902. The Labute approximate surface area is 158 Å². The highest BCUT2D eigenvalue weighted by Gasteiger charge is 2.74. The number of hydrogen-bond donors (Lipinski definition) is 2. The summed E-state index contributed by atoms with van der Waals surface area (Å²) in [6, 6.07) is 5.87. The van der Waals surface area contributed by atoms with Gasteiger partial charge in [0.1, 0.15) is 0 Å². The fraction of sp³-hybridized carbons (Fsp3) is 0.471. The summed E-state index contributed by atoms with van der Waals surface area (Å²) < 4.78 is 0. The van der Waals surface area contributed by atoms with E-state index in [4.69, 9.17) is 0 Å². The number of hydrogen-bond acceptors (Lipinski definition) is 7. The summed E-state index contributed by atoms with van der Waals surface area (Å²) in [7, 11) is 4.31. The third-order valence-corrected chi connectivity index (χ3v) is 9.36. The van der Waals surface area contributed by atoms with Crippen LogP contribution in [-0.2, 0) is 9.59 Å². The lowest BCUT2D eigenvalue weighted by atomic mass is 9.79. The van der Waals surface area contributed by atoms with Gasteiger partial charge in [0.05, 0.1) is 17.5 Å². The predicted octanol–water partition coefficient (Wildman–Crippen LogP) is 2.18. The number of piperazine rings is 1.